The third-order valence-corrected chi connectivity index (χ3v) is 3.54. The molecule has 1 atom stereocenters. The summed E-state index contributed by atoms with van der Waals surface area (Å²) in [5.41, 5.74) is 0.182. The normalized spacial score (nSPS) is 12.9. The number of rotatable bonds is 5. The molecular weight excluding hydrogens is 321 g/mol. The van der Waals surface area contributed by atoms with Gasteiger partial charge >= 0.3 is 6.18 Å². The second-order valence-electron chi connectivity index (χ2n) is 5.50. The van der Waals surface area contributed by atoms with Crippen LogP contribution in [0.2, 0.25) is 0 Å². The topological polar surface area (TPSA) is 65.1 Å². The molecule has 0 aliphatic carbocycles. The number of oxazole rings is 1. The van der Waals surface area contributed by atoms with Crippen molar-refractivity contribution in [2.75, 3.05) is 26.0 Å². The van der Waals surface area contributed by atoms with Gasteiger partial charge in [0.05, 0.1) is 11.6 Å². The number of hydrogen-bond donors (Lipinski definition) is 1. The van der Waals surface area contributed by atoms with Crippen LogP contribution < -0.4 is 5.32 Å². The summed E-state index contributed by atoms with van der Waals surface area (Å²) in [5, 5.41) is 12.0. The monoisotopic (exact) mass is 338 g/mol. The summed E-state index contributed by atoms with van der Waals surface area (Å²) in [7, 11) is 3.64. The summed E-state index contributed by atoms with van der Waals surface area (Å²) in [6.07, 6.45) is -4.36. The molecule has 128 valence electrons. The molecule has 0 spiro atoms. The van der Waals surface area contributed by atoms with E-state index in [1.807, 2.05) is 25.1 Å². The first-order valence-corrected chi connectivity index (χ1v) is 7.17. The third-order valence-electron chi connectivity index (χ3n) is 3.54. The predicted molar refractivity (Wildman–Crippen MR) is 82.3 cm³/mol. The predicted octanol–water partition coefficient (Wildman–Crippen LogP) is 3.59. The standard InChI is InChI=1S/C16H17F3N4O/c1-10-22-13(8-20)15(24-10)21-9-14(23(2)3)11-4-6-12(7-5-11)16(17,18)19/h4-7,14,21H,9H2,1-3H3. The molecule has 1 heterocycles. The van der Waals surface area contributed by atoms with Crippen molar-refractivity contribution in [2.24, 2.45) is 0 Å². The fourth-order valence-electron chi connectivity index (χ4n) is 2.30. The lowest BCUT2D eigenvalue weighted by molar-refractivity contribution is -0.137. The van der Waals surface area contributed by atoms with Gasteiger partial charge in [0.1, 0.15) is 6.07 Å². The van der Waals surface area contributed by atoms with E-state index in [1.54, 1.807) is 6.92 Å². The van der Waals surface area contributed by atoms with Crippen LogP contribution in [-0.2, 0) is 6.18 Å². The van der Waals surface area contributed by atoms with Crippen molar-refractivity contribution in [1.82, 2.24) is 9.88 Å². The van der Waals surface area contributed by atoms with Crippen LogP contribution in [-0.4, -0.2) is 30.5 Å². The second kappa shape index (κ2) is 6.93. The number of nitrogens with zero attached hydrogens (tertiary/aromatic N) is 3. The molecule has 1 unspecified atom stereocenters. The van der Waals surface area contributed by atoms with E-state index in [9.17, 15) is 13.2 Å². The third kappa shape index (κ3) is 4.06. The van der Waals surface area contributed by atoms with E-state index in [2.05, 4.69) is 10.3 Å². The molecule has 0 aliphatic rings. The Morgan fingerprint density at radius 3 is 2.42 bits per heavy atom. The summed E-state index contributed by atoms with van der Waals surface area (Å²) < 4.78 is 43.3. The Hall–Kier alpha value is -2.53. The van der Waals surface area contributed by atoms with Crippen LogP contribution in [0, 0.1) is 18.3 Å². The number of nitrogens with one attached hydrogen (secondary N) is 1. The zero-order valence-electron chi connectivity index (χ0n) is 13.5. The summed E-state index contributed by atoms with van der Waals surface area (Å²) in [4.78, 5) is 5.80. The molecule has 0 fully saturated rings. The number of hydrogen-bond acceptors (Lipinski definition) is 5. The quantitative estimate of drug-likeness (QED) is 0.902. The molecule has 24 heavy (non-hydrogen) atoms. The number of likely N-dealkylation sites (N-methyl/N-ethyl adjacent to an activating group) is 1. The molecule has 1 aromatic carbocycles. The highest BCUT2D eigenvalue weighted by Crippen LogP contribution is 2.30. The summed E-state index contributed by atoms with van der Waals surface area (Å²) in [6, 6.07) is 6.74. The van der Waals surface area contributed by atoms with Gasteiger partial charge in [-0.05, 0) is 31.8 Å². The fourth-order valence-corrected chi connectivity index (χ4v) is 2.30. The van der Waals surface area contributed by atoms with Gasteiger partial charge < -0.3 is 14.6 Å². The molecule has 5 nitrogen and oxygen atoms in total. The number of benzene rings is 1. The minimum Gasteiger partial charge on any atom is -0.424 e. The SMILES string of the molecule is Cc1nc(C#N)c(NCC(c2ccc(C(F)(F)F)cc2)N(C)C)o1. The summed E-state index contributed by atoms with van der Waals surface area (Å²) in [5.74, 6) is 0.624. The molecule has 0 saturated heterocycles. The summed E-state index contributed by atoms with van der Waals surface area (Å²) in [6.45, 7) is 1.98. The molecule has 0 bridgehead atoms. The van der Waals surface area contributed by atoms with E-state index in [-0.39, 0.29) is 17.6 Å². The molecule has 0 radical (unpaired) electrons. The van der Waals surface area contributed by atoms with Crippen molar-refractivity contribution in [3.8, 4) is 6.07 Å². The van der Waals surface area contributed by atoms with Gasteiger partial charge in [0.15, 0.2) is 5.89 Å². The van der Waals surface area contributed by atoms with Crippen molar-refractivity contribution in [3.05, 3.63) is 47.0 Å². The molecule has 2 aromatic rings. The van der Waals surface area contributed by atoms with Crippen molar-refractivity contribution in [2.45, 2.75) is 19.1 Å². The van der Waals surface area contributed by atoms with Crippen molar-refractivity contribution >= 4 is 5.88 Å². The second-order valence-corrected chi connectivity index (χ2v) is 5.50. The maximum Gasteiger partial charge on any atom is 0.416 e. The van der Waals surface area contributed by atoms with Crippen LogP contribution in [0.25, 0.3) is 0 Å². The molecule has 1 N–H and O–H groups in total. The van der Waals surface area contributed by atoms with Crippen LogP contribution in [0.4, 0.5) is 19.1 Å². The fraction of sp³-hybridized carbons (Fsp3) is 0.375. The molecule has 0 aliphatic heterocycles. The first-order chi connectivity index (χ1) is 11.2. The number of aromatic nitrogens is 1. The minimum absolute atomic E-state index is 0.150. The Morgan fingerprint density at radius 1 is 1.29 bits per heavy atom. The van der Waals surface area contributed by atoms with Gasteiger partial charge in [0.25, 0.3) is 0 Å². The van der Waals surface area contributed by atoms with Crippen molar-refractivity contribution in [3.63, 3.8) is 0 Å². The Kier molecular flexibility index (Phi) is 5.14. The van der Waals surface area contributed by atoms with E-state index >= 15 is 0 Å². The number of halogens is 3. The Balaban J connectivity index is 2.16. The van der Waals surface area contributed by atoms with Crippen LogP contribution in [0.15, 0.2) is 28.7 Å². The zero-order chi connectivity index (χ0) is 17.9. The Bertz CT molecular complexity index is 729. The van der Waals surface area contributed by atoms with Gasteiger partial charge in [-0.25, -0.2) is 4.98 Å². The maximum atomic E-state index is 12.7. The Morgan fingerprint density at radius 2 is 1.92 bits per heavy atom. The van der Waals surface area contributed by atoms with Crippen molar-refractivity contribution in [1.29, 1.82) is 5.26 Å². The van der Waals surface area contributed by atoms with Crippen LogP contribution in [0.3, 0.4) is 0 Å². The molecular formula is C16H17F3N4O. The molecule has 2 rings (SSSR count). The van der Waals surface area contributed by atoms with Gasteiger partial charge in [-0.2, -0.15) is 18.4 Å². The zero-order valence-corrected chi connectivity index (χ0v) is 13.5. The average molecular weight is 338 g/mol. The number of aryl methyl sites for hydroxylation is 1. The highest BCUT2D eigenvalue weighted by molar-refractivity contribution is 5.45. The first-order valence-electron chi connectivity index (χ1n) is 7.17. The van der Waals surface area contributed by atoms with Crippen LogP contribution in [0.5, 0.6) is 0 Å². The first kappa shape index (κ1) is 17.8. The van der Waals surface area contributed by atoms with E-state index < -0.39 is 11.7 Å². The molecule has 8 heteroatoms. The number of alkyl halides is 3. The van der Waals surface area contributed by atoms with Gasteiger partial charge in [-0.1, -0.05) is 12.1 Å². The van der Waals surface area contributed by atoms with Gasteiger partial charge in [-0.15, -0.1) is 0 Å². The lowest BCUT2D eigenvalue weighted by Crippen LogP contribution is -2.27. The lowest BCUT2D eigenvalue weighted by atomic mass is 10.0. The van der Waals surface area contributed by atoms with E-state index in [0.29, 0.717) is 12.4 Å². The van der Waals surface area contributed by atoms with E-state index in [4.69, 9.17) is 9.68 Å². The molecule has 1 aromatic heterocycles. The van der Waals surface area contributed by atoms with Gasteiger partial charge in [0.2, 0.25) is 11.6 Å². The summed E-state index contributed by atoms with van der Waals surface area (Å²) >= 11 is 0. The van der Waals surface area contributed by atoms with E-state index in [1.165, 1.54) is 12.1 Å². The minimum atomic E-state index is -4.36. The average Bonchev–Trinajstić information content (AvgIpc) is 2.87. The highest BCUT2D eigenvalue weighted by atomic mass is 19.4. The maximum absolute atomic E-state index is 12.7. The van der Waals surface area contributed by atoms with Crippen LogP contribution >= 0.6 is 0 Å². The van der Waals surface area contributed by atoms with Gasteiger partial charge in [-0.3, -0.25) is 0 Å². The number of anilines is 1. The molecule has 0 amide bonds. The van der Waals surface area contributed by atoms with Crippen molar-refractivity contribution < 1.29 is 17.6 Å². The van der Waals surface area contributed by atoms with Gasteiger partial charge in [0, 0.05) is 13.5 Å². The largest absolute Gasteiger partial charge is 0.424 e. The Labute approximate surface area is 137 Å². The molecule has 0 saturated carbocycles. The van der Waals surface area contributed by atoms with Crippen LogP contribution in [0.1, 0.15) is 28.8 Å². The lowest BCUT2D eigenvalue weighted by Gasteiger charge is -2.25. The number of nitriles is 1. The smallest absolute Gasteiger partial charge is 0.416 e. The highest BCUT2D eigenvalue weighted by Gasteiger charge is 2.30. The van der Waals surface area contributed by atoms with E-state index in [0.717, 1.165) is 17.7 Å².